The predicted octanol–water partition coefficient (Wildman–Crippen LogP) is 1.77. The van der Waals surface area contributed by atoms with Crippen molar-refractivity contribution in [3.63, 3.8) is 0 Å². The zero-order valence-corrected chi connectivity index (χ0v) is 18.0. The fourth-order valence-electron chi connectivity index (χ4n) is 2.88. The third-order valence-corrected chi connectivity index (χ3v) is 4.44. The Bertz CT molecular complexity index is 673. The second-order valence-electron chi connectivity index (χ2n) is 6.71. The van der Waals surface area contributed by atoms with Gasteiger partial charge in [-0.25, -0.2) is 4.99 Å². The first-order valence-corrected chi connectivity index (χ1v) is 9.36. The minimum absolute atomic E-state index is 0. The van der Waals surface area contributed by atoms with Crippen LogP contribution in [0.15, 0.2) is 29.3 Å². The fraction of sp³-hybridized carbons (Fsp3) is 0.526. The zero-order chi connectivity index (χ0) is 18.4. The minimum Gasteiger partial charge on any atom is -0.357 e. The molecule has 1 aromatic rings. The molecule has 148 valence electrons. The van der Waals surface area contributed by atoms with Gasteiger partial charge in [0.15, 0.2) is 5.96 Å². The van der Waals surface area contributed by atoms with Crippen molar-refractivity contribution in [2.24, 2.45) is 4.99 Å². The highest BCUT2D eigenvalue weighted by atomic mass is 127. The van der Waals surface area contributed by atoms with Crippen molar-refractivity contribution in [3.8, 4) is 0 Å². The molecule has 0 radical (unpaired) electrons. The molecule has 2 aliphatic rings. The predicted molar refractivity (Wildman–Crippen MR) is 117 cm³/mol. The van der Waals surface area contributed by atoms with Crippen LogP contribution in [-0.2, 0) is 16.1 Å². The van der Waals surface area contributed by atoms with Crippen molar-refractivity contribution in [1.29, 1.82) is 0 Å². The van der Waals surface area contributed by atoms with Gasteiger partial charge in [-0.2, -0.15) is 0 Å². The van der Waals surface area contributed by atoms with E-state index < -0.39 is 0 Å². The van der Waals surface area contributed by atoms with Crippen LogP contribution in [0.25, 0.3) is 0 Å². The maximum Gasteiger partial charge on any atom is 0.239 e. The highest BCUT2D eigenvalue weighted by Crippen LogP contribution is 2.21. The van der Waals surface area contributed by atoms with E-state index in [2.05, 4.69) is 20.9 Å². The minimum atomic E-state index is -0.00210. The molecule has 0 unspecified atom stereocenters. The lowest BCUT2D eigenvalue weighted by Crippen LogP contribution is -2.43. The van der Waals surface area contributed by atoms with Crippen LogP contribution in [0.2, 0.25) is 0 Å². The molecule has 1 aliphatic carbocycles. The summed E-state index contributed by atoms with van der Waals surface area (Å²) < 4.78 is 0. The SMILES string of the molecule is CCNC(=NCc1ccc(N2CCCC2=O)cc1)NCC(=O)NC1CC1.I. The molecule has 2 amide bonds. The molecule has 27 heavy (non-hydrogen) atoms. The standard InChI is InChI=1S/C19H27N5O2.HI/c1-2-20-19(22-13-17(25)23-15-7-8-15)21-12-14-5-9-16(10-6-14)24-11-3-4-18(24)26;/h5-6,9-10,15H,2-4,7-8,11-13H2,1H3,(H,23,25)(H2,20,21,22);1H. The summed E-state index contributed by atoms with van der Waals surface area (Å²) in [7, 11) is 0. The number of hydrogen-bond acceptors (Lipinski definition) is 3. The van der Waals surface area contributed by atoms with E-state index in [-0.39, 0.29) is 42.3 Å². The van der Waals surface area contributed by atoms with Crippen LogP contribution in [0.1, 0.15) is 38.2 Å². The summed E-state index contributed by atoms with van der Waals surface area (Å²) in [5.41, 5.74) is 2.00. The van der Waals surface area contributed by atoms with Gasteiger partial charge in [0.1, 0.15) is 0 Å². The van der Waals surface area contributed by atoms with Gasteiger partial charge in [-0.15, -0.1) is 24.0 Å². The number of aliphatic imine (C=N–C) groups is 1. The van der Waals surface area contributed by atoms with Crippen molar-refractivity contribution < 1.29 is 9.59 Å². The number of halogens is 1. The van der Waals surface area contributed by atoms with Gasteiger partial charge in [0.05, 0.1) is 13.1 Å². The van der Waals surface area contributed by atoms with Gasteiger partial charge in [-0.1, -0.05) is 12.1 Å². The Morgan fingerprint density at radius 2 is 1.96 bits per heavy atom. The summed E-state index contributed by atoms with van der Waals surface area (Å²) in [6.07, 6.45) is 3.73. The lowest BCUT2D eigenvalue weighted by molar-refractivity contribution is -0.120. The van der Waals surface area contributed by atoms with E-state index in [9.17, 15) is 9.59 Å². The molecule has 1 aliphatic heterocycles. The highest BCUT2D eigenvalue weighted by Gasteiger charge is 2.23. The summed E-state index contributed by atoms with van der Waals surface area (Å²) >= 11 is 0. The molecule has 1 saturated heterocycles. The molecule has 1 saturated carbocycles. The maximum atomic E-state index is 11.8. The Labute approximate surface area is 177 Å². The molecule has 0 aromatic heterocycles. The number of guanidine groups is 1. The van der Waals surface area contributed by atoms with E-state index in [1.165, 1.54) is 0 Å². The molecule has 0 atom stereocenters. The quantitative estimate of drug-likeness (QED) is 0.312. The summed E-state index contributed by atoms with van der Waals surface area (Å²) in [5, 5.41) is 9.15. The lowest BCUT2D eigenvalue weighted by atomic mass is 10.2. The monoisotopic (exact) mass is 485 g/mol. The largest absolute Gasteiger partial charge is 0.357 e. The Morgan fingerprint density at radius 1 is 1.22 bits per heavy atom. The van der Waals surface area contributed by atoms with Crippen LogP contribution >= 0.6 is 24.0 Å². The molecular formula is C19H28IN5O2. The number of carbonyl (C=O) groups excluding carboxylic acids is 2. The number of hydrogen-bond donors (Lipinski definition) is 3. The third-order valence-electron chi connectivity index (χ3n) is 4.44. The van der Waals surface area contributed by atoms with E-state index in [0.29, 0.717) is 25.0 Å². The summed E-state index contributed by atoms with van der Waals surface area (Å²) in [6, 6.07) is 8.29. The average Bonchev–Trinajstić information content (AvgIpc) is 3.35. The smallest absolute Gasteiger partial charge is 0.239 e. The maximum absolute atomic E-state index is 11.8. The van der Waals surface area contributed by atoms with Gasteiger partial charge in [0.2, 0.25) is 11.8 Å². The number of anilines is 1. The molecule has 7 nitrogen and oxygen atoms in total. The molecule has 1 heterocycles. The van der Waals surface area contributed by atoms with Gasteiger partial charge < -0.3 is 20.9 Å². The summed E-state index contributed by atoms with van der Waals surface area (Å²) in [5.74, 6) is 0.814. The number of nitrogens with zero attached hydrogens (tertiary/aromatic N) is 2. The second-order valence-corrected chi connectivity index (χ2v) is 6.71. The molecule has 8 heteroatoms. The number of benzene rings is 1. The highest BCUT2D eigenvalue weighted by molar-refractivity contribution is 14.0. The zero-order valence-electron chi connectivity index (χ0n) is 15.7. The van der Waals surface area contributed by atoms with Gasteiger partial charge in [-0.05, 0) is 43.9 Å². The van der Waals surface area contributed by atoms with Crippen LogP contribution in [0.5, 0.6) is 0 Å². The van der Waals surface area contributed by atoms with E-state index >= 15 is 0 Å². The third kappa shape index (κ3) is 6.67. The summed E-state index contributed by atoms with van der Waals surface area (Å²) in [4.78, 5) is 29.9. The van der Waals surface area contributed by atoms with Crippen molar-refractivity contribution in [1.82, 2.24) is 16.0 Å². The van der Waals surface area contributed by atoms with Crippen molar-refractivity contribution in [2.75, 3.05) is 24.5 Å². The lowest BCUT2D eigenvalue weighted by Gasteiger charge is -2.16. The molecule has 1 aromatic carbocycles. The van der Waals surface area contributed by atoms with Crippen molar-refractivity contribution in [2.45, 2.75) is 45.2 Å². The Morgan fingerprint density at radius 3 is 2.56 bits per heavy atom. The van der Waals surface area contributed by atoms with Gasteiger partial charge in [0, 0.05) is 31.2 Å². The molecule has 2 fully saturated rings. The van der Waals surface area contributed by atoms with E-state index in [4.69, 9.17) is 0 Å². The van der Waals surface area contributed by atoms with Gasteiger partial charge >= 0.3 is 0 Å². The van der Waals surface area contributed by atoms with Gasteiger partial charge in [-0.3, -0.25) is 9.59 Å². The van der Waals surface area contributed by atoms with Crippen LogP contribution in [0.4, 0.5) is 5.69 Å². The van der Waals surface area contributed by atoms with Gasteiger partial charge in [0.25, 0.3) is 0 Å². The van der Waals surface area contributed by atoms with E-state index in [1.54, 1.807) is 0 Å². The number of amides is 2. The van der Waals surface area contributed by atoms with Crippen LogP contribution in [0.3, 0.4) is 0 Å². The summed E-state index contributed by atoms with van der Waals surface area (Å²) in [6.45, 7) is 4.25. The number of rotatable bonds is 7. The average molecular weight is 485 g/mol. The Kier molecular flexibility index (Phi) is 8.33. The van der Waals surface area contributed by atoms with Crippen LogP contribution < -0.4 is 20.9 Å². The molecule has 3 N–H and O–H groups in total. The second kappa shape index (κ2) is 10.5. The molecule has 0 bridgehead atoms. The van der Waals surface area contributed by atoms with Crippen molar-refractivity contribution >= 4 is 47.4 Å². The number of nitrogens with one attached hydrogen (secondary N) is 3. The fourth-order valence-corrected chi connectivity index (χ4v) is 2.88. The first kappa shape index (κ1) is 21.5. The molecular weight excluding hydrogens is 457 g/mol. The first-order valence-electron chi connectivity index (χ1n) is 9.36. The van der Waals surface area contributed by atoms with E-state index in [1.807, 2.05) is 36.1 Å². The Hall–Kier alpha value is -1.84. The van der Waals surface area contributed by atoms with Crippen LogP contribution in [-0.4, -0.2) is 43.5 Å². The normalized spacial score (nSPS) is 16.7. The topological polar surface area (TPSA) is 85.8 Å². The Balaban J connectivity index is 0.00000261. The molecule has 3 rings (SSSR count). The first-order chi connectivity index (χ1) is 12.7. The van der Waals surface area contributed by atoms with Crippen LogP contribution in [0, 0.1) is 0 Å². The molecule has 0 spiro atoms. The number of carbonyl (C=O) groups is 2. The van der Waals surface area contributed by atoms with E-state index in [0.717, 1.165) is 43.6 Å². The van der Waals surface area contributed by atoms with Crippen molar-refractivity contribution in [3.05, 3.63) is 29.8 Å².